The van der Waals surface area contributed by atoms with Crippen LogP contribution in [0, 0.1) is 11.8 Å². The molecule has 4 heterocycles. The van der Waals surface area contributed by atoms with Gasteiger partial charge in [0.2, 0.25) is 0 Å². The van der Waals surface area contributed by atoms with Crippen LogP contribution in [0.5, 0.6) is 0 Å². The first-order valence-corrected chi connectivity index (χ1v) is 9.61. The van der Waals surface area contributed by atoms with Gasteiger partial charge in [0.1, 0.15) is 5.41 Å². The number of hydrogen-bond acceptors (Lipinski definition) is 3. The second kappa shape index (κ2) is 5.34. The van der Waals surface area contributed by atoms with Crippen LogP contribution in [-0.4, -0.2) is 42.1 Å². The molecule has 4 bridgehead atoms. The lowest BCUT2D eigenvalue weighted by Gasteiger charge is -2.57. The number of nitrogens with zero attached hydrogens (tertiary/aromatic N) is 1. The van der Waals surface area contributed by atoms with E-state index in [4.69, 9.17) is 4.74 Å². The quantitative estimate of drug-likeness (QED) is 0.855. The third-order valence-electron chi connectivity index (χ3n) is 7.07. The first-order chi connectivity index (χ1) is 12.2. The summed E-state index contributed by atoms with van der Waals surface area (Å²) in [6.07, 6.45) is 4.33. The summed E-state index contributed by atoms with van der Waals surface area (Å²) < 4.78 is 5.43. The Kier molecular flexibility index (Phi) is 3.30. The molecule has 2 aromatic rings. The Morgan fingerprint density at radius 3 is 3.04 bits per heavy atom. The Morgan fingerprint density at radius 1 is 1.40 bits per heavy atom. The first kappa shape index (κ1) is 15.4. The molecular weight excluding hydrogens is 312 g/mol. The van der Waals surface area contributed by atoms with Crippen molar-refractivity contribution in [2.24, 2.45) is 11.8 Å². The van der Waals surface area contributed by atoms with E-state index in [9.17, 15) is 4.79 Å². The van der Waals surface area contributed by atoms with E-state index in [1.165, 1.54) is 17.4 Å². The molecule has 0 amide bonds. The van der Waals surface area contributed by atoms with Crippen molar-refractivity contribution in [3.05, 3.63) is 35.5 Å². The number of aromatic amines is 1. The molecule has 0 spiro atoms. The summed E-state index contributed by atoms with van der Waals surface area (Å²) in [5.41, 5.74) is 3.11. The number of carbonyl (C=O) groups excluding carboxylic acids is 1. The molecule has 0 radical (unpaired) electrons. The van der Waals surface area contributed by atoms with Crippen LogP contribution >= 0.6 is 0 Å². The van der Waals surface area contributed by atoms with Gasteiger partial charge in [-0.15, -0.1) is 0 Å². The number of H-pyrrole nitrogens is 1. The van der Waals surface area contributed by atoms with Gasteiger partial charge >= 0.3 is 5.97 Å². The van der Waals surface area contributed by atoms with Gasteiger partial charge in [0.25, 0.3) is 0 Å². The summed E-state index contributed by atoms with van der Waals surface area (Å²) in [5.74, 6) is 1.12. The van der Waals surface area contributed by atoms with Gasteiger partial charge in [-0.1, -0.05) is 31.5 Å². The largest absolute Gasteiger partial charge is 0.468 e. The van der Waals surface area contributed by atoms with Gasteiger partial charge < -0.3 is 9.72 Å². The smallest absolute Gasteiger partial charge is 0.319 e. The number of methoxy groups -OCH3 is 1. The second-order valence-corrected chi connectivity index (χ2v) is 8.15. The Balaban J connectivity index is 1.81. The number of rotatable bonds is 2. The molecule has 1 N–H and O–H groups in total. The van der Waals surface area contributed by atoms with Crippen molar-refractivity contribution in [2.45, 2.75) is 44.1 Å². The Hall–Kier alpha value is -1.81. The van der Waals surface area contributed by atoms with Crippen LogP contribution in [-0.2, 0) is 21.4 Å². The van der Waals surface area contributed by atoms with Crippen molar-refractivity contribution in [3.63, 3.8) is 0 Å². The number of aromatic nitrogens is 1. The maximum Gasteiger partial charge on any atom is 0.319 e. The molecule has 2 saturated heterocycles. The maximum absolute atomic E-state index is 13.3. The second-order valence-electron chi connectivity index (χ2n) is 8.15. The van der Waals surface area contributed by atoms with E-state index in [1.54, 1.807) is 7.11 Å². The number of benzene rings is 1. The lowest BCUT2D eigenvalue weighted by molar-refractivity contribution is -0.162. The Morgan fingerprint density at radius 2 is 2.24 bits per heavy atom. The van der Waals surface area contributed by atoms with Gasteiger partial charge in [-0.05, 0) is 42.7 Å². The topological polar surface area (TPSA) is 45.3 Å². The zero-order valence-electron chi connectivity index (χ0n) is 15.0. The summed E-state index contributed by atoms with van der Waals surface area (Å²) in [7, 11) is 1.55. The third kappa shape index (κ3) is 1.89. The van der Waals surface area contributed by atoms with E-state index in [0.29, 0.717) is 11.8 Å². The highest BCUT2D eigenvalue weighted by atomic mass is 16.5. The number of fused-ring (bicyclic) bond motifs is 4. The van der Waals surface area contributed by atoms with Gasteiger partial charge in [-0.2, -0.15) is 0 Å². The molecule has 6 rings (SSSR count). The summed E-state index contributed by atoms with van der Waals surface area (Å²) in [5, 5.41) is 1.28. The summed E-state index contributed by atoms with van der Waals surface area (Å²) >= 11 is 0. The third-order valence-corrected chi connectivity index (χ3v) is 7.07. The number of piperidine rings is 2. The molecule has 1 aromatic carbocycles. The van der Waals surface area contributed by atoms with Crippen LogP contribution in [0.25, 0.3) is 10.9 Å². The van der Waals surface area contributed by atoms with Crippen LogP contribution in [0.4, 0.5) is 0 Å². The van der Waals surface area contributed by atoms with Crippen LogP contribution in [0.2, 0.25) is 0 Å². The molecule has 4 nitrogen and oxygen atoms in total. The van der Waals surface area contributed by atoms with Crippen molar-refractivity contribution >= 4 is 16.9 Å². The van der Waals surface area contributed by atoms with Crippen LogP contribution in [0.1, 0.15) is 37.4 Å². The summed E-state index contributed by atoms with van der Waals surface area (Å²) in [4.78, 5) is 19.5. The predicted molar refractivity (Wildman–Crippen MR) is 97.6 cm³/mol. The normalized spacial score (nSPS) is 36.1. The zero-order chi connectivity index (χ0) is 17.2. The van der Waals surface area contributed by atoms with Gasteiger partial charge in [0, 0.05) is 35.7 Å². The van der Waals surface area contributed by atoms with E-state index in [0.717, 1.165) is 43.6 Å². The number of esters is 1. The van der Waals surface area contributed by atoms with Gasteiger partial charge in [-0.3, -0.25) is 9.69 Å². The van der Waals surface area contributed by atoms with Gasteiger partial charge in [0.15, 0.2) is 0 Å². The number of nitrogens with one attached hydrogen (secondary N) is 1. The first-order valence-electron chi connectivity index (χ1n) is 9.61. The summed E-state index contributed by atoms with van der Waals surface area (Å²) in [6, 6.07) is 8.75. The van der Waals surface area contributed by atoms with Crippen LogP contribution in [0.3, 0.4) is 0 Å². The number of hydrogen-bond donors (Lipinski definition) is 1. The fraction of sp³-hybridized carbons (Fsp3) is 0.571. The summed E-state index contributed by atoms with van der Waals surface area (Å²) in [6.45, 7) is 4.46. The monoisotopic (exact) mass is 338 g/mol. The zero-order valence-corrected chi connectivity index (χ0v) is 15.0. The molecule has 1 saturated carbocycles. The van der Waals surface area contributed by atoms with Crippen LogP contribution < -0.4 is 0 Å². The minimum absolute atomic E-state index is 0.0416. The van der Waals surface area contributed by atoms with Gasteiger partial charge in [-0.25, -0.2) is 0 Å². The van der Waals surface area contributed by atoms with Crippen molar-refractivity contribution in [3.8, 4) is 0 Å². The molecule has 1 unspecified atom stereocenters. The number of para-hydroxylation sites is 1. The highest BCUT2D eigenvalue weighted by Crippen LogP contribution is 2.55. The lowest BCUT2D eigenvalue weighted by Crippen LogP contribution is -2.67. The molecule has 1 aliphatic carbocycles. The van der Waals surface area contributed by atoms with Crippen molar-refractivity contribution in [2.75, 3.05) is 20.2 Å². The fourth-order valence-corrected chi connectivity index (χ4v) is 6.27. The van der Waals surface area contributed by atoms with E-state index < -0.39 is 5.41 Å². The van der Waals surface area contributed by atoms with E-state index in [-0.39, 0.29) is 12.0 Å². The SMILES string of the molecule is CC[C@@H]1C[C@H]2CN3CCc4c([nH]c5ccccc45)[C@](C(=O)OC)(C2)[C@@H]13. The number of carbonyl (C=O) groups is 1. The highest BCUT2D eigenvalue weighted by molar-refractivity contribution is 5.91. The molecular formula is C21H26N2O2. The molecule has 4 heteroatoms. The van der Waals surface area contributed by atoms with E-state index >= 15 is 0 Å². The minimum atomic E-state index is -0.526. The molecule has 1 aromatic heterocycles. The standard InChI is InChI=1S/C21H26N2O2/c1-3-14-10-13-11-21(20(24)25-2)18-16(8-9-23(12-13)19(14)21)15-6-4-5-7-17(15)22-18/h4-7,13-14,19,22H,3,8-12H2,1-2H3/t13-,14-,19-,21-/m1/s1. The fourth-order valence-electron chi connectivity index (χ4n) is 6.27. The van der Waals surface area contributed by atoms with E-state index in [2.05, 4.69) is 41.1 Å². The van der Waals surface area contributed by atoms with Gasteiger partial charge in [0.05, 0.1) is 7.11 Å². The Bertz CT molecular complexity index is 842. The Labute approximate surface area is 148 Å². The highest BCUT2D eigenvalue weighted by Gasteiger charge is 2.62. The average Bonchev–Trinajstić information content (AvgIpc) is 3.00. The molecule has 132 valence electrons. The number of ether oxygens (including phenoxy) is 1. The predicted octanol–water partition coefficient (Wildman–Crippen LogP) is 3.26. The van der Waals surface area contributed by atoms with Crippen LogP contribution in [0.15, 0.2) is 24.3 Å². The minimum Gasteiger partial charge on any atom is -0.468 e. The van der Waals surface area contributed by atoms with E-state index in [1.807, 2.05) is 0 Å². The maximum atomic E-state index is 13.3. The van der Waals surface area contributed by atoms with Crippen molar-refractivity contribution in [1.82, 2.24) is 9.88 Å². The lowest BCUT2D eigenvalue weighted by atomic mass is 9.56. The van der Waals surface area contributed by atoms with Crippen molar-refractivity contribution in [1.29, 1.82) is 0 Å². The molecule has 25 heavy (non-hydrogen) atoms. The molecule has 3 aliphatic heterocycles. The molecule has 4 aliphatic rings. The molecule has 5 atom stereocenters. The van der Waals surface area contributed by atoms with Crippen molar-refractivity contribution < 1.29 is 9.53 Å². The average molecular weight is 338 g/mol. The molecule has 3 fully saturated rings.